The van der Waals surface area contributed by atoms with Gasteiger partial charge in [-0.1, -0.05) is 0 Å². The molecule has 0 radical (unpaired) electrons. The lowest BCUT2D eigenvalue weighted by Gasteiger charge is -2.29. The Morgan fingerprint density at radius 2 is 1.64 bits per heavy atom. The molecule has 1 atom stereocenters. The van der Waals surface area contributed by atoms with Crippen LogP contribution in [0.15, 0.2) is 0 Å². The van der Waals surface area contributed by atoms with E-state index in [0.29, 0.717) is 13.2 Å². The third-order valence-electron chi connectivity index (χ3n) is 1.69. The summed E-state index contributed by atoms with van der Waals surface area (Å²) in [6.45, 7) is 9.25. The molecular weight excluding hydrogens is 158 g/mol. The first-order valence-electron chi connectivity index (χ1n) is 4.10. The smallest absolute Gasteiger partial charge is 0.351 e. The lowest BCUT2D eigenvalue weighted by atomic mass is 10.8. The van der Waals surface area contributed by atoms with E-state index < -0.39 is 8.56 Å². The molecule has 0 aliphatic rings. The Hall–Kier alpha value is 0.0969. The number of hydrogen-bond acceptors (Lipinski definition) is 3. The third kappa shape index (κ3) is 3.33. The first-order chi connectivity index (χ1) is 5.06. The SMILES string of the molecule is CCO[Si](C)(OCC)C(C)N. The highest BCUT2D eigenvalue weighted by molar-refractivity contribution is 6.67. The van der Waals surface area contributed by atoms with Crippen molar-refractivity contribution in [2.24, 2.45) is 5.73 Å². The molecule has 0 aromatic carbocycles. The Bertz CT molecular complexity index is 103. The van der Waals surface area contributed by atoms with Crippen molar-refractivity contribution in [3.05, 3.63) is 0 Å². The maximum Gasteiger partial charge on any atom is 0.351 e. The highest BCUT2D eigenvalue weighted by Crippen LogP contribution is 2.10. The van der Waals surface area contributed by atoms with Crippen molar-refractivity contribution < 1.29 is 8.85 Å². The summed E-state index contributed by atoms with van der Waals surface area (Å²) in [5.41, 5.74) is 5.78. The predicted molar refractivity (Wildman–Crippen MR) is 48.5 cm³/mol. The van der Waals surface area contributed by atoms with Gasteiger partial charge in [-0.3, -0.25) is 0 Å². The van der Waals surface area contributed by atoms with Gasteiger partial charge in [0.25, 0.3) is 0 Å². The molecule has 0 aliphatic carbocycles. The van der Waals surface area contributed by atoms with Gasteiger partial charge in [0, 0.05) is 18.9 Å². The molecule has 11 heavy (non-hydrogen) atoms. The summed E-state index contributed by atoms with van der Waals surface area (Å²) in [7, 11) is -2.05. The van der Waals surface area contributed by atoms with E-state index in [-0.39, 0.29) is 5.67 Å². The van der Waals surface area contributed by atoms with Crippen molar-refractivity contribution in [1.82, 2.24) is 0 Å². The topological polar surface area (TPSA) is 44.5 Å². The summed E-state index contributed by atoms with van der Waals surface area (Å²) in [5, 5.41) is 0. The molecule has 4 heteroatoms. The van der Waals surface area contributed by atoms with Crippen LogP contribution in [0.5, 0.6) is 0 Å². The molecule has 68 valence electrons. The van der Waals surface area contributed by atoms with Gasteiger partial charge in [0.1, 0.15) is 0 Å². The van der Waals surface area contributed by atoms with Crippen LogP contribution in [0.4, 0.5) is 0 Å². The average molecular weight is 177 g/mol. The first-order valence-corrected chi connectivity index (χ1v) is 6.49. The molecule has 0 bridgehead atoms. The van der Waals surface area contributed by atoms with Crippen LogP contribution < -0.4 is 5.73 Å². The van der Waals surface area contributed by atoms with Gasteiger partial charge in [-0.2, -0.15) is 0 Å². The molecular formula is C7H19NO2Si. The Kier molecular flexibility index (Phi) is 4.91. The minimum absolute atomic E-state index is 0.0300. The molecule has 0 spiro atoms. The van der Waals surface area contributed by atoms with Crippen LogP contribution in [0, 0.1) is 0 Å². The van der Waals surface area contributed by atoms with E-state index in [0.717, 1.165) is 0 Å². The fourth-order valence-electron chi connectivity index (χ4n) is 0.878. The Morgan fingerprint density at radius 1 is 1.27 bits per heavy atom. The second kappa shape index (κ2) is 4.87. The Balaban J connectivity index is 4.01. The molecule has 0 heterocycles. The predicted octanol–water partition coefficient (Wildman–Crippen LogP) is 1.02. The summed E-state index contributed by atoms with van der Waals surface area (Å²) >= 11 is 0. The van der Waals surface area contributed by atoms with Gasteiger partial charge in [0.2, 0.25) is 0 Å². The molecule has 0 saturated heterocycles. The minimum Gasteiger partial charge on any atom is -0.394 e. The van der Waals surface area contributed by atoms with Crippen LogP contribution >= 0.6 is 0 Å². The number of rotatable bonds is 5. The largest absolute Gasteiger partial charge is 0.394 e. The van der Waals surface area contributed by atoms with Crippen LogP contribution in [0.3, 0.4) is 0 Å². The van der Waals surface area contributed by atoms with Crippen molar-refractivity contribution in [3.8, 4) is 0 Å². The van der Waals surface area contributed by atoms with Gasteiger partial charge in [-0.25, -0.2) is 0 Å². The average Bonchev–Trinajstić information content (AvgIpc) is 1.88. The maximum absolute atomic E-state index is 5.75. The second-order valence-electron chi connectivity index (χ2n) is 2.67. The molecule has 3 nitrogen and oxygen atoms in total. The van der Waals surface area contributed by atoms with E-state index in [1.54, 1.807) is 0 Å². The van der Waals surface area contributed by atoms with Gasteiger partial charge in [0.15, 0.2) is 0 Å². The van der Waals surface area contributed by atoms with Crippen LogP contribution in [0.25, 0.3) is 0 Å². The van der Waals surface area contributed by atoms with Crippen molar-refractivity contribution in [2.45, 2.75) is 33.0 Å². The van der Waals surface area contributed by atoms with Crippen molar-refractivity contribution >= 4 is 8.56 Å². The lowest BCUT2D eigenvalue weighted by Crippen LogP contribution is -2.53. The quantitative estimate of drug-likeness (QED) is 0.638. The van der Waals surface area contributed by atoms with Gasteiger partial charge < -0.3 is 14.6 Å². The second-order valence-corrected chi connectivity index (χ2v) is 6.19. The monoisotopic (exact) mass is 177 g/mol. The Morgan fingerprint density at radius 3 is 1.82 bits per heavy atom. The number of hydrogen-bond donors (Lipinski definition) is 1. The van der Waals surface area contributed by atoms with E-state index >= 15 is 0 Å². The standard InChI is InChI=1S/C7H19NO2Si/c1-5-9-11(4,7(3)8)10-6-2/h7H,5-6,8H2,1-4H3. The maximum atomic E-state index is 5.75. The lowest BCUT2D eigenvalue weighted by molar-refractivity contribution is 0.181. The molecule has 0 rings (SSSR count). The molecule has 0 aliphatic heterocycles. The normalized spacial score (nSPS) is 15.0. The fourth-order valence-corrected chi connectivity index (χ4v) is 2.63. The van der Waals surface area contributed by atoms with Crippen molar-refractivity contribution in [3.63, 3.8) is 0 Å². The summed E-state index contributed by atoms with van der Waals surface area (Å²) in [4.78, 5) is 0. The summed E-state index contributed by atoms with van der Waals surface area (Å²) in [6, 6.07) is 0. The Labute approximate surface area is 70.1 Å². The first kappa shape index (κ1) is 11.1. The van der Waals surface area contributed by atoms with Crippen LogP contribution in [-0.2, 0) is 8.85 Å². The highest BCUT2D eigenvalue weighted by atomic mass is 28.4. The zero-order valence-electron chi connectivity index (χ0n) is 7.89. The van der Waals surface area contributed by atoms with E-state index in [2.05, 4.69) is 0 Å². The van der Waals surface area contributed by atoms with Gasteiger partial charge >= 0.3 is 8.56 Å². The molecule has 0 aromatic heterocycles. The molecule has 2 N–H and O–H groups in total. The van der Waals surface area contributed by atoms with Crippen molar-refractivity contribution in [2.75, 3.05) is 13.2 Å². The van der Waals surface area contributed by atoms with E-state index in [4.69, 9.17) is 14.6 Å². The molecule has 0 amide bonds. The molecule has 0 fully saturated rings. The highest BCUT2D eigenvalue weighted by Gasteiger charge is 2.35. The van der Waals surface area contributed by atoms with Crippen molar-refractivity contribution in [1.29, 1.82) is 0 Å². The minimum atomic E-state index is -2.05. The van der Waals surface area contributed by atoms with E-state index in [9.17, 15) is 0 Å². The third-order valence-corrected chi connectivity index (χ3v) is 5.07. The van der Waals surface area contributed by atoms with Crippen LogP contribution in [-0.4, -0.2) is 27.4 Å². The van der Waals surface area contributed by atoms with Gasteiger partial charge in [-0.15, -0.1) is 0 Å². The van der Waals surface area contributed by atoms with E-state index in [1.807, 2.05) is 27.3 Å². The summed E-state index contributed by atoms with van der Waals surface area (Å²) in [5.74, 6) is 0. The fraction of sp³-hybridized carbons (Fsp3) is 1.00. The molecule has 0 aromatic rings. The summed E-state index contributed by atoms with van der Waals surface area (Å²) < 4.78 is 11.0. The van der Waals surface area contributed by atoms with E-state index in [1.165, 1.54) is 0 Å². The van der Waals surface area contributed by atoms with Crippen LogP contribution in [0.2, 0.25) is 6.55 Å². The number of nitrogens with two attached hydrogens (primary N) is 1. The molecule has 0 saturated carbocycles. The zero-order valence-corrected chi connectivity index (χ0v) is 8.89. The van der Waals surface area contributed by atoms with Gasteiger partial charge in [0.05, 0.1) is 0 Å². The van der Waals surface area contributed by atoms with Gasteiger partial charge in [-0.05, 0) is 27.3 Å². The zero-order chi connectivity index (χ0) is 8.91. The van der Waals surface area contributed by atoms with Crippen LogP contribution in [0.1, 0.15) is 20.8 Å². The molecule has 1 unspecified atom stereocenters. The summed E-state index contributed by atoms with van der Waals surface area (Å²) in [6.07, 6.45) is 0.